The highest BCUT2D eigenvalue weighted by molar-refractivity contribution is 7.92. The zero-order valence-electron chi connectivity index (χ0n) is 20.3. The third-order valence-corrected chi connectivity index (χ3v) is 6.87. The van der Waals surface area contributed by atoms with Gasteiger partial charge >= 0.3 is 6.18 Å². The molecule has 0 fully saturated rings. The molecule has 3 aromatic rings. The summed E-state index contributed by atoms with van der Waals surface area (Å²) < 4.78 is 67.9. The number of amides is 1. The van der Waals surface area contributed by atoms with Crippen molar-refractivity contribution in [1.82, 2.24) is 9.88 Å². The van der Waals surface area contributed by atoms with E-state index >= 15 is 0 Å². The van der Waals surface area contributed by atoms with Gasteiger partial charge < -0.3 is 11.1 Å². The molecule has 1 atom stereocenters. The molecule has 4 N–H and O–H groups in total. The van der Waals surface area contributed by atoms with Crippen molar-refractivity contribution in [2.45, 2.75) is 37.5 Å². The number of Topliss-reactive ketones (excluding diaryl/α,β-unsaturated/α-hetero) is 1. The van der Waals surface area contributed by atoms with Crippen LogP contribution in [-0.4, -0.2) is 36.9 Å². The van der Waals surface area contributed by atoms with Crippen molar-refractivity contribution < 1.29 is 31.2 Å². The number of nitrogens with zero attached hydrogens (tertiary/aromatic N) is 1. The molecule has 202 valence electrons. The van der Waals surface area contributed by atoms with Crippen molar-refractivity contribution in [1.29, 1.82) is 0 Å². The van der Waals surface area contributed by atoms with Gasteiger partial charge in [0, 0.05) is 5.69 Å². The summed E-state index contributed by atoms with van der Waals surface area (Å²) in [5.41, 5.74) is 5.16. The van der Waals surface area contributed by atoms with Crippen LogP contribution >= 0.6 is 0 Å². The fourth-order valence-corrected chi connectivity index (χ4v) is 4.74. The summed E-state index contributed by atoms with van der Waals surface area (Å²) in [6, 6.07) is 14.4. The minimum absolute atomic E-state index is 0.175. The number of sulfonamides is 1. The van der Waals surface area contributed by atoms with Crippen LogP contribution in [0, 0.1) is 5.92 Å². The minimum Gasteiger partial charge on any atom is -0.399 e. The van der Waals surface area contributed by atoms with Gasteiger partial charge in [-0.3, -0.25) is 23.7 Å². The van der Waals surface area contributed by atoms with Crippen LogP contribution in [-0.2, 0) is 26.2 Å². The zero-order valence-corrected chi connectivity index (χ0v) is 21.1. The summed E-state index contributed by atoms with van der Waals surface area (Å²) in [6.07, 6.45) is -5.17. The molecule has 0 radical (unpaired) electrons. The van der Waals surface area contributed by atoms with Crippen LogP contribution in [0.5, 0.6) is 0 Å². The van der Waals surface area contributed by atoms with Gasteiger partial charge in [0.05, 0.1) is 16.6 Å². The first-order valence-electron chi connectivity index (χ1n) is 11.3. The number of aromatic nitrogens is 1. The van der Waals surface area contributed by atoms with Gasteiger partial charge in [0.1, 0.15) is 12.2 Å². The van der Waals surface area contributed by atoms with Crippen molar-refractivity contribution in [3.63, 3.8) is 0 Å². The summed E-state index contributed by atoms with van der Waals surface area (Å²) in [5.74, 6) is -4.06. The van der Waals surface area contributed by atoms with E-state index in [-0.39, 0.29) is 16.3 Å². The molecule has 0 aliphatic rings. The van der Waals surface area contributed by atoms with E-state index in [0.717, 1.165) is 4.57 Å². The molecule has 0 saturated heterocycles. The molecule has 1 unspecified atom stereocenters. The molecule has 3 rings (SSSR count). The van der Waals surface area contributed by atoms with E-state index in [1.165, 1.54) is 50.2 Å². The summed E-state index contributed by atoms with van der Waals surface area (Å²) in [4.78, 5) is 37.8. The highest BCUT2D eigenvalue weighted by Crippen LogP contribution is 2.23. The van der Waals surface area contributed by atoms with Crippen LogP contribution in [0.4, 0.5) is 24.5 Å². The predicted molar refractivity (Wildman–Crippen MR) is 136 cm³/mol. The average Bonchev–Trinajstić information content (AvgIpc) is 2.84. The number of nitrogens with two attached hydrogens (primary N) is 1. The lowest BCUT2D eigenvalue weighted by atomic mass is 9.99. The number of alkyl halides is 3. The number of carbonyl (C=O) groups excluding carboxylic acids is 2. The Morgan fingerprint density at radius 3 is 2.24 bits per heavy atom. The Morgan fingerprint density at radius 2 is 1.66 bits per heavy atom. The third-order valence-electron chi connectivity index (χ3n) is 5.50. The Kier molecular flexibility index (Phi) is 8.30. The first kappa shape index (κ1) is 28.4. The molecular formula is C25H25F3N4O5S. The highest BCUT2D eigenvalue weighted by atomic mass is 32.2. The number of anilines is 2. The third kappa shape index (κ3) is 6.59. The first-order chi connectivity index (χ1) is 17.7. The maximum atomic E-state index is 13.4. The highest BCUT2D eigenvalue weighted by Gasteiger charge is 2.45. The number of pyridine rings is 1. The Bertz CT molecular complexity index is 1500. The molecule has 0 bridgehead atoms. The SMILES string of the molecule is CC(C)C(NC(=O)Cn1c(-c2ccccc2)ccc(NS(=O)(=O)c2cccc(N)c2)c1=O)C(=O)C(F)(F)F. The van der Waals surface area contributed by atoms with Crippen LogP contribution in [0.3, 0.4) is 0 Å². The fourth-order valence-electron chi connectivity index (χ4n) is 3.63. The number of nitrogens with one attached hydrogen (secondary N) is 2. The summed E-state index contributed by atoms with van der Waals surface area (Å²) in [7, 11) is -4.25. The molecule has 1 amide bonds. The zero-order chi connectivity index (χ0) is 28.3. The molecule has 2 aromatic carbocycles. The largest absolute Gasteiger partial charge is 0.452 e. The van der Waals surface area contributed by atoms with Crippen LogP contribution < -0.4 is 21.3 Å². The molecule has 13 heteroatoms. The number of halogens is 3. The predicted octanol–water partition coefficient (Wildman–Crippen LogP) is 3.17. The Balaban J connectivity index is 2.02. The molecule has 38 heavy (non-hydrogen) atoms. The van der Waals surface area contributed by atoms with Gasteiger partial charge in [-0.2, -0.15) is 13.2 Å². The van der Waals surface area contributed by atoms with Crippen LogP contribution in [0.25, 0.3) is 11.3 Å². The maximum Gasteiger partial charge on any atom is 0.452 e. The Labute approximate surface area is 216 Å². The lowest BCUT2D eigenvalue weighted by Crippen LogP contribution is -2.50. The van der Waals surface area contributed by atoms with Crippen LogP contribution in [0.2, 0.25) is 0 Å². The minimum atomic E-state index is -5.17. The quantitative estimate of drug-likeness (QED) is 0.350. The molecule has 1 aromatic heterocycles. The number of benzene rings is 2. The van der Waals surface area contributed by atoms with Gasteiger partial charge in [0.2, 0.25) is 5.91 Å². The molecular weight excluding hydrogens is 525 g/mol. The van der Waals surface area contributed by atoms with Gasteiger partial charge in [-0.05, 0) is 41.8 Å². The van der Waals surface area contributed by atoms with Crippen molar-refractivity contribution in [2.24, 2.45) is 5.92 Å². The van der Waals surface area contributed by atoms with E-state index in [1.807, 2.05) is 0 Å². The summed E-state index contributed by atoms with van der Waals surface area (Å²) in [6.45, 7) is 1.88. The lowest BCUT2D eigenvalue weighted by molar-refractivity contribution is -0.174. The van der Waals surface area contributed by atoms with Gasteiger partial charge in [-0.1, -0.05) is 50.2 Å². The second-order valence-electron chi connectivity index (χ2n) is 8.72. The van der Waals surface area contributed by atoms with E-state index < -0.39 is 57.6 Å². The number of nitrogen functional groups attached to an aromatic ring is 1. The number of rotatable bonds is 9. The van der Waals surface area contributed by atoms with Crippen LogP contribution in [0.1, 0.15) is 13.8 Å². The molecule has 0 aliphatic carbocycles. The number of ketones is 1. The maximum absolute atomic E-state index is 13.4. The number of carbonyl (C=O) groups is 2. The number of hydrogen-bond donors (Lipinski definition) is 3. The first-order valence-corrected chi connectivity index (χ1v) is 12.8. The summed E-state index contributed by atoms with van der Waals surface area (Å²) in [5, 5.41) is 2.06. The van der Waals surface area contributed by atoms with Crippen molar-refractivity contribution in [3.8, 4) is 11.3 Å². The fraction of sp³-hybridized carbons (Fsp3) is 0.240. The van der Waals surface area contributed by atoms with Gasteiger partial charge in [-0.15, -0.1) is 0 Å². The van der Waals surface area contributed by atoms with Crippen LogP contribution in [0.15, 0.2) is 76.4 Å². The lowest BCUT2D eigenvalue weighted by Gasteiger charge is -2.23. The molecule has 9 nitrogen and oxygen atoms in total. The topological polar surface area (TPSA) is 140 Å². The smallest absolute Gasteiger partial charge is 0.399 e. The number of hydrogen-bond acceptors (Lipinski definition) is 6. The normalized spacial score (nSPS) is 12.7. The van der Waals surface area contributed by atoms with Crippen molar-refractivity contribution in [3.05, 3.63) is 77.1 Å². The van der Waals surface area contributed by atoms with E-state index in [1.54, 1.807) is 30.3 Å². The summed E-state index contributed by atoms with van der Waals surface area (Å²) >= 11 is 0. The van der Waals surface area contributed by atoms with E-state index in [2.05, 4.69) is 10.0 Å². The Morgan fingerprint density at radius 1 is 1.00 bits per heavy atom. The second kappa shape index (κ2) is 11.1. The van der Waals surface area contributed by atoms with Crippen molar-refractivity contribution >= 4 is 33.1 Å². The second-order valence-corrected chi connectivity index (χ2v) is 10.4. The van der Waals surface area contributed by atoms with E-state index in [9.17, 15) is 36.0 Å². The Hall–Kier alpha value is -4.13. The van der Waals surface area contributed by atoms with Gasteiger partial charge in [0.15, 0.2) is 0 Å². The van der Waals surface area contributed by atoms with E-state index in [4.69, 9.17) is 5.73 Å². The van der Waals surface area contributed by atoms with Crippen molar-refractivity contribution in [2.75, 3.05) is 10.5 Å². The standard InChI is InChI=1S/C25H25F3N4O5S/c1-15(2)22(23(34)25(26,27)28)30-21(33)14-32-20(16-7-4-3-5-8-16)12-11-19(24(32)35)31-38(36,37)18-10-6-9-17(29)13-18/h3-13,15,22,31H,14,29H2,1-2H3,(H,30,33). The molecule has 0 aliphatic heterocycles. The monoisotopic (exact) mass is 550 g/mol. The molecule has 0 saturated carbocycles. The van der Waals surface area contributed by atoms with Gasteiger partial charge in [-0.25, -0.2) is 8.42 Å². The average molecular weight is 551 g/mol. The molecule has 1 heterocycles. The molecule has 0 spiro atoms. The van der Waals surface area contributed by atoms with E-state index in [0.29, 0.717) is 5.56 Å². The van der Waals surface area contributed by atoms with Gasteiger partial charge in [0.25, 0.3) is 21.4 Å².